The molecule has 0 amide bonds. The van der Waals surface area contributed by atoms with Gasteiger partial charge in [-0.1, -0.05) is 40.1 Å². The van der Waals surface area contributed by atoms with Crippen molar-refractivity contribution in [3.05, 3.63) is 11.8 Å². The van der Waals surface area contributed by atoms with Crippen molar-refractivity contribution in [3.63, 3.8) is 0 Å². The Labute approximate surface area is 70.5 Å². The lowest BCUT2D eigenvalue weighted by atomic mass is 10.1. The van der Waals surface area contributed by atoms with Gasteiger partial charge in [0.15, 0.2) is 5.78 Å². The maximum atomic E-state index is 11.4. The molecule has 0 N–H and O–H groups in total. The highest BCUT2D eigenvalue weighted by molar-refractivity contribution is 6.87. The first-order valence-electron chi connectivity index (χ1n) is 4.00. The largest absolute Gasteiger partial charge is 0.295 e. The molecule has 0 saturated heterocycles. The van der Waals surface area contributed by atoms with Gasteiger partial charge >= 0.3 is 0 Å². The number of Topliss-reactive ketones (excluding diaryl/α,β-unsaturated/α-hetero) is 1. The maximum absolute atomic E-state index is 11.4. The van der Waals surface area contributed by atoms with Crippen molar-refractivity contribution >= 4 is 13.9 Å². The zero-order valence-electron chi connectivity index (χ0n) is 8.19. The second kappa shape index (κ2) is 3.35. The van der Waals surface area contributed by atoms with Crippen LogP contribution in [0.25, 0.3) is 0 Å². The van der Waals surface area contributed by atoms with E-state index in [1.54, 1.807) is 0 Å². The van der Waals surface area contributed by atoms with Gasteiger partial charge in [-0.2, -0.15) is 0 Å². The molecule has 64 valence electrons. The molecule has 0 aromatic heterocycles. The van der Waals surface area contributed by atoms with Crippen LogP contribution in [-0.2, 0) is 4.79 Å². The van der Waals surface area contributed by atoms with Gasteiger partial charge in [-0.15, -0.1) is 0 Å². The molecule has 0 aromatic carbocycles. The third-order valence-corrected chi connectivity index (χ3v) is 3.78. The summed E-state index contributed by atoms with van der Waals surface area (Å²) < 4.78 is 0. The first kappa shape index (κ1) is 10.6. The summed E-state index contributed by atoms with van der Waals surface area (Å²) >= 11 is 0. The molecule has 0 atom stereocenters. The number of hydrogen-bond donors (Lipinski definition) is 0. The third kappa shape index (κ3) is 3.02. The number of carbonyl (C=O) groups excluding carboxylic acids is 1. The predicted octanol–water partition coefficient (Wildman–Crippen LogP) is 2.65. The summed E-state index contributed by atoms with van der Waals surface area (Å²) in [5, 5.41) is 0.868. The second-order valence-electron chi connectivity index (χ2n) is 4.25. The summed E-state index contributed by atoms with van der Waals surface area (Å²) in [7, 11) is -1.43. The molecule has 0 aliphatic heterocycles. The van der Waals surface area contributed by atoms with Crippen LogP contribution in [0.1, 0.15) is 13.8 Å². The van der Waals surface area contributed by atoms with Gasteiger partial charge in [-0.3, -0.25) is 4.79 Å². The van der Waals surface area contributed by atoms with Gasteiger partial charge in [0.05, 0.1) is 8.07 Å². The van der Waals surface area contributed by atoms with Crippen LogP contribution in [0.4, 0.5) is 0 Å². The summed E-state index contributed by atoms with van der Waals surface area (Å²) in [4.78, 5) is 11.4. The van der Waals surface area contributed by atoms with Gasteiger partial charge in [0.1, 0.15) is 0 Å². The molecule has 1 nitrogen and oxygen atoms in total. The standard InChI is InChI=1S/C9H18OSi/c1-7(2)9(10)8(3)11(4,5)6/h7H,3H2,1-2,4-6H3. The Hall–Kier alpha value is -0.373. The van der Waals surface area contributed by atoms with E-state index in [0.29, 0.717) is 0 Å². The van der Waals surface area contributed by atoms with Crippen LogP contribution in [0, 0.1) is 5.92 Å². The molecule has 0 fully saturated rings. The third-order valence-electron chi connectivity index (χ3n) is 1.73. The molecule has 0 heterocycles. The zero-order valence-corrected chi connectivity index (χ0v) is 9.19. The number of ketones is 1. The van der Waals surface area contributed by atoms with Crippen LogP contribution in [0.15, 0.2) is 11.8 Å². The van der Waals surface area contributed by atoms with Gasteiger partial charge in [-0.05, 0) is 5.20 Å². The first-order valence-corrected chi connectivity index (χ1v) is 7.50. The van der Waals surface area contributed by atoms with Crippen molar-refractivity contribution in [2.24, 2.45) is 5.92 Å². The van der Waals surface area contributed by atoms with Gasteiger partial charge in [-0.25, -0.2) is 0 Å². The minimum atomic E-state index is -1.43. The van der Waals surface area contributed by atoms with E-state index in [2.05, 4.69) is 26.2 Å². The number of allylic oxidation sites excluding steroid dienone is 1. The maximum Gasteiger partial charge on any atom is 0.156 e. The van der Waals surface area contributed by atoms with Gasteiger partial charge in [0, 0.05) is 5.92 Å². The Balaban J connectivity index is 4.40. The van der Waals surface area contributed by atoms with Crippen LogP contribution in [0.5, 0.6) is 0 Å². The summed E-state index contributed by atoms with van der Waals surface area (Å²) in [6.07, 6.45) is 0. The summed E-state index contributed by atoms with van der Waals surface area (Å²) in [5.41, 5.74) is 0. The van der Waals surface area contributed by atoms with E-state index in [-0.39, 0.29) is 11.7 Å². The monoisotopic (exact) mass is 170 g/mol. The molecule has 11 heavy (non-hydrogen) atoms. The normalized spacial score (nSPS) is 11.8. The molecular formula is C9H18OSi. The Bertz CT molecular complexity index is 174. The lowest BCUT2D eigenvalue weighted by Gasteiger charge is -2.19. The average Bonchev–Trinajstić information content (AvgIpc) is 1.82. The van der Waals surface area contributed by atoms with E-state index < -0.39 is 8.07 Å². The molecule has 0 rings (SSSR count). The van der Waals surface area contributed by atoms with Crippen LogP contribution < -0.4 is 0 Å². The van der Waals surface area contributed by atoms with E-state index in [1.807, 2.05) is 13.8 Å². The van der Waals surface area contributed by atoms with Crippen molar-refractivity contribution in [2.75, 3.05) is 0 Å². The van der Waals surface area contributed by atoms with E-state index in [0.717, 1.165) is 5.20 Å². The number of hydrogen-bond acceptors (Lipinski definition) is 1. The molecular weight excluding hydrogens is 152 g/mol. The quantitative estimate of drug-likeness (QED) is 0.470. The molecule has 0 spiro atoms. The lowest BCUT2D eigenvalue weighted by Crippen LogP contribution is -2.30. The zero-order chi connectivity index (χ0) is 9.23. The van der Waals surface area contributed by atoms with E-state index in [9.17, 15) is 4.79 Å². The van der Waals surface area contributed by atoms with E-state index >= 15 is 0 Å². The predicted molar refractivity (Wildman–Crippen MR) is 52.3 cm³/mol. The van der Waals surface area contributed by atoms with Crippen LogP contribution in [0.3, 0.4) is 0 Å². The lowest BCUT2D eigenvalue weighted by molar-refractivity contribution is -0.117. The van der Waals surface area contributed by atoms with Crippen LogP contribution >= 0.6 is 0 Å². The van der Waals surface area contributed by atoms with Gasteiger partial charge in [0.2, 0.25) is 0 Å². The minimum absolute atomic E-state index is 0.106. The highest BCUT2D eigenvalue weighted by Gasteiger charge is 2.24. The minimum Gasteiger partial charge on any atom is -0.295 e. The topological polar surface area (TPSA) is 17.1 Å². The van der Waals surface area contributed by atoms with Gasteiger partial charge in [0.25, 0.3) is 0 Å². The Morgan fingerprint density at radius 3 is 1.73 bits per heavy atom. The first-order chi connectivity index (χ1) is 4.76. The Kier molecular flexibility index (Phi) is 3.24. The Morgan fingerprint density at radius 2 is 1.64 bits per heavy atom. The fourth-order valence-corrected chi connectivity index (χ4v) is 1.75. The molecule has 0 radical (unpaired) electrons. The molecule has 0 aliphatic rings. The van der Waals surface area contributed by atoms with Crippen molar-refractivity contribution < 1.29 is 4.79 Å². The van der Waals surface area contributed by atoms with E-state index in [1.165, 1.54) is 0 Å². The van der Waals surface area contributed by atoms with Crippen molar-refractivity contribution in [3.8, 4) is 0 Å². The smallest absolute Gasteiger partial charge is 0.156 e. The summed E-state index contributed by atoms with van der Waals surface area (Å²) in [6, 6.07) is 0. The van der Waals surface area contributed by atoms with Crippen LogP contribution in [0.2, 0.25) is 19.6 Å². The van der Waals surface area contributed by atoms with E-state index in [4.69, 9.17) is 0 Å². The highest BCUT2D eigenvalue weighted by atomic mass is 28.3. The molecule has 0 aliphatic carbocycles. The summed E-state index contributed by atoms with van der Waals surface area (Å²) in [5.74, 6) is 0.346. The Morgan fingerprint density at radius 1 is 1.27 bits per heavy atom. The molecule has 0 aromatic rings. The second-order valence-corrected chi connectivity index (χ2v) is 9.35. The van der Waals surface area contributed by atoms with Crippen LogP contribution in [-0.4, -0.2) is 13.9 Å². The fourth-order valence-electron chi connectivity index (χ4n) is 0.718. The molecule has 2 heteroatoms. The van der Waals surface area contributed by atoms with Crippen molar-refractivity contribution in [1.29, 1.82) is 0 Å². The van der Waals surface area contributed by atoms with Gasteiger partial charge < -0.3 is 0 Å². The molecule has 0 saturated carbocycles. The number of rotatable bonds is 3. The highest BCUT2D eigenvalue weighted by Crippen LogP contribution is 2.16. The molecule has 0 unspecified atom stereocenters. The van der Waals surface area contributed by atoms with Crippen molar-refractivity contribution in [1.82, 2.24) is 0 Å². The number of carbonyl (C=O) groups is 1. The summed E-state index contributed by atoms with van der Waals surface area (Å²) in [6.45, 7) is 14.2. The average molecular weight is 170 g/mol. The van der Waals surface area contributed by atoms with Crippen molar-refractivity contribution in [2.45, 2.75) is 33.5 Å². The fraction of sp³-hybridized carbons (Fsp3) is 0.667. The SMILES string of the molecule is C=C(C(=O)C(C)C)[Si](C)(C)C. The molecule has 0 bridgehead atoms.